The van der Waals surface area contributed by atoms with Crippen molar-refractivity contribution in [2.45, 2.75) is 40.7 Å². The van der Waals surface area contributed by atoms with Crippen molar-refractivity contribution in [3.63, 3.8) is 0 Å². The van der Waals surface area contributed by atoms with Crippen molar-refractivity contribution in [3.8, 4) is 5.75 Å². The van der Waals surface area contributed by atoms with Crippen LogP contribution in [-0.2, 0) is 6.42 Å². The zero-order valence-corrected chi connectivity index (χ0v) is 18.8. The van der Waals surface area contributed by atoms with E-state index in [0.717, 1.165) is 12.2 Å². The van der Waals surface area contributed by atoms with E-state index in [1.807, 2.05) is 0 Å². The van der Waals surface area contributed by atoms with E-state index in [0.29, 0.717) is 5.92 Å². The molecule has 143 valence electrons. The summed E-state index contributed by atoms with van der Waals surface area (Å²) in [6.07, 6.45) is 1.06. The van der Waals surface area contributed by atoms with Crippen molar-refractivity contribution in [2.75, 3.05) is 7.11 Å². The van der Waals surface area contributed by atoms with E-state index >= 15 is 0 Å². The molecule has 0 aromatic heterocycles. The molecule has 0 fully saturated rings. The van der Waals surface area contributed by atoms with Gasteiger partial charge in [0, 0.05) is 5.92 Å². The van der Waals surface area contributed by atoms with Crippen molar-refractivity contribution < 1.29 is 4.74 Å². The summed E-state index contributed by atoms with van der Waals surface area (Å²) in [5.74, 6) is 1.53. The van der Waals surface area contributed by atoms with E-state index in [2.05, 4.69) is 82.8 Å². The Morgan fingerprint density at radius 1 is 0.929 bits per heavy atom. The standard InChI is InChI=1S/C26H29OSi/c1-16-17(2)19(4)25(18(16)3)22-15-20-11-7-8-12-21(20)26(22)28(6)24-14-10-9-13-23(24)27-5/h7-14,18H,15H2,1-6H3. The molecule has 1 nitrogen and oxygen atoms in total. The molecule has 0 bridgehead atoms. The number of hydrogen-bond donors (Lipinski definition) is 0. The summed E-state index contributed by atoms with van der Waals surface area (Å²) in [6, 6.07) is 17.6. The third-order valence-corrected chi connectivity index (χ3v) is 9.35. The molecule has 0 saturated carbocycles. The Labute approximate surface area is 171 Å². The number of para-hydroxylation sites is 1. The highest BCUT2D eigenvalue weighted by atomic mass is 28.3. The van der Waals surface area contributed by atoms with Gasteiger partial charge in [0.25, 0.3) is 0 Å². The molecular formula is C26H29OSi. The Hall–Kier alpha value is -2.32. The van der Waals surface area contributed by atoms with Crippen LogP contribution >= 0.6 is 0 Å². The highest BCUT2D eigenvalue weighted by Gasteiger charge is 2.34. The van der Waals surface area contributed by atoms with Crippen molar-refractivity contribution in [1.29, 1.82) is 0 Å². The number of hydrogen-bond acceptors (Lipinski definition) is 1. The average molecular weight is 386 g/mol. The fourth-order valence-corrected chi connectivity index (χ4v) is 7.45. The van der Waals surface area contributed by atoms with Crippen LogP contribution in [0.5, 0.6) is 5.75 Å². The summed E-state index contributed by atoms with van der Waals surface area (Å²) in [7, 11) is 0.824. The first kappa shape index (κ1) is 19.0. The number of benzene rings is 2. The molecule has 2 aliphatic rings. The van der Waals surface area contributed by atoms with Gasteiger partial charge in [-0.1, -0.05) is 61.5 Å². The monoisotopic (exact) mass is 385 g/mol. The molecule has 1 unspecified atom stereocenters. The third kappa shape index (κ3) is 2.82. The van der Waals surface area contributed by atoms with E-state index in [1.165, 1.54) is 33.0 Å². The second-order valence-corrected chi connectivity index (χ2v) is 10.4. The molecule has 2 aromatic rings. The first-order valence-electron chi connectivity index (χ1n) is 10.1. The van der Waals surface area contributed by atoms with Gasteiger partial charge in [-0.25, -0.2) is 0 Å². The maximum absolute atomic E-state index is 5.73. The smallest absolute Gasteiger partial charge is 0.124 e. The van der Waals surface area contributed by atoms with Crippen LogP contribution in [-0.4, -0.2) is 15.9 Å². The Bertz CT molecular complexity index is 1040. The maximum atomic E-state index is 5.73. The predicted molar refractivity (Wildman–Crippen MR) is 122 cm³/mol. The van der Waals surface area contributed by atoms with Crippen molar-refractivity contribution >= 4 is 19.2 Å². The lowest BCUT2D eigenvalue weighted by molar-refractivity contribution is 0.418. The highest BCUT2D eigenvalue weighted by molar-refractivity contribution is 6.90. The Balaban J connectivity index is 1.93. The maximum Gasteiger partial charge on any atom is 0.124 e. The zero-order valence-electron chi connectivity index (χ0n) is 17.8. The fraction of sp³-hybridized carbons (Fsp3) is 0.308. The molecule has 2 heteroatoms. The Kier molecular flexibility index (Phi) is 4.92. The minimum atomic E-state index is -0.962. The number of fused-ring (bicyclic) bond motifs is 1. The molecular weight excluding hydrogens is 356 g/mol. The first-order chi connectivity index (χ1) is 13.5. The Morgan fingerprint density at radius 3 is 2.29 bits per heavy atom. The largest absolute Gasteiger partial charge is 0.497 e. The van der Waals surface area contributed by atoms with Crippen LogP contribution in [0, 0.1) is 5.92 Å². The summed E-state index contributed by atoms with van der Waals surface area (Å²) >= 11 is 0. The zero-order chi connectivity index (χ0) is 20.0. The van der Waals surface area contributed by atoms with Crippen LogP contribution in [0.15, 0.2) is 76.4 Å². The number of ether oxygens (including phenoxy) is 1. The van der Waals surface area contributed by atoms with Crippen LogP contribution < -0.4 is 9.92 Å². The molecule has 0 aliphatic heterocycles. The lowest BCUT2D eigenvalue weighted by Gasteiger charge is -2.21. The van der Waals surface area contributed by atoms with Crippen LogP contribution in [0.25, 0.3) is 5.20 Å². The van der Waals surface area contributed by atoms with Gasteiger partial charge in [0.2, 0.25) is 0 Å². The van der Waals surface area contributed by atoms with Gasteiger partial charge in [-0.2, -0.15) is 0 Å². The molecule has 0 N–H and O–H groups in total. The van der Waals surface area contributed by atoms with Gasteiger partial charge in [0.1, 0.15) is 14.5 Å². The predicted octanol–water partition coefficient (Wildman–Crippen LogP) is 5.88. The van der Waals surface area contributed by atoms with Gasteiger partial charge < -0.3 is 4.74 Å². The number of allylic oxidation sites excluding steroid dienone is 5. The van der Waals surface area contributed by atoms with Crippen LogP contribution in [0.4, 0.5) is 0 Å². The molecule has 1 radical (unpaired) electrons. The second-order valence-electron chi connectivity index (χ2n) is 8.08. The summed E-state index contributed by atoms with van der Waals surface area (Å²) < 4.78 is 5.73. The lowest BCUT2D eigenvalue weighted by Crippen LogP contribution is -2.30. The SMILES string of the molecule is COc1ccccc1[Si](C)C1=C(C2=C(C)C(C)=C(C)C2C)Cc2ccccc21. The first-order valence-corrected chi connectivity index (χ1v) is 12.1. The van der Waals surface area contributed by atoms with E-state index < -0.39 is 8.80 Å². The van der Waals surface area contributed by atoms with E-state index in [9.17, 15) is 0 Å². The van der Waals surface area contributed by atoms with Gasteiger partial charge >= 0.3 is 0 Å². The molecule has 0 spiro atoms. The molecule has 2 aliphatic carbocycles. The van der Waals surface area contributed by atoms with Crippen LogP contribution in [0.3, 0.4) is 0 Å². The molecule has 0 heterocycles. The van der Waals surface area contributed by atoms with Crippen LogP contribution in [0.1, 0.15) is 38.8 Å². The lowest BCUT2D eigenvalue weighted by atomic mass is 9.90. The molecule has 4 rings (SSSR count). The van der Waals surface area contributed by atoms with Crippen molar-refractivity contribution in [2.24, 2.45) is 5.92 Å². The summed E-state index contributed by atoms with van der Waals surface area (Å²) in [4.78, 5) is 0. The molecule has 0 amide bonds. The summed E-state index contributed by atoms with van der Waals surface area (Å²) in [5, 5.41) is 2.94. The summed E-state index contributed by atoms with van der Waals surface area (Å²) in [5.41, 5.74) is 10.6. The van der Waals surface area contributed by atoms with Gasteiger partial charge in [-0.3, -0.25) is 0 Å². The normalized spacial score (nSPS) is 19.2. The third-order valence-electron chi connectivity index (χ3n) is 6.81. The van der Waals surface area contributed by atoms with Crippen molar-refractivity contribution in [3.05, 3.63) is 87.5 Å². The van der Waals surface area contributed by atoms with E-state index in [1.54, 1.807) is 23.5 Å². The van der Waals surface area contributed by atoms with Gasteiger partial charge in [0.05, 0.1) is 7.11 Å². The van der Waals surface area contributed by atoms with Crippen LogP contribution in [0.2, 0.25) is 6.55 Å². The van der Waals surface area contributed by atoms with E-state index in [-0.39, 0.29) is 0 Å². The van der Waals surface area contributed by atoms with Gasteiger partial charge in [-0.05, 0) is 77.1 Å². The molecule has 2 aromatic carbocycles. The quantitative estimate of drug-likeness (QED) is 0.597. The minimum absolute atomic E-state index is 0.506. The minimum Gasteiger partial charge on any atom is -0.497 e. The summed E-state index contributed by atoms with van der Waals surface area (Å²) in [6.45, 7) is 11.7. The molecule has 28 heavy (non-hydrogen) atoms. The topological polar surface area (TPSA) is 9.23 Å². The highest BCUT2D eigenvalue weighted by Crippen LogP contribution is 2.47. The molecule has 0 saturated heterocycles. The van der Waals surface area contributed by atoms with E-state index in [4.69, 9.17) is 4.74 Å². The number of rotatable bonds is 4. The second kappa shape index (κ2) is 7.25. The van der Waals surface area contributed by atoms with Gasteiger partial charge in [0.15, 0.2) is 0 Å². The average Bonchev–Trinajstić information content (AvgIpc) is 3.18. The Morgan fingerprint density at radius 2 is 1.61 bits per heavy atom. The van der Waals surface area contributed by atoms with Crippen molar-refractivity contribution in [1.82, 2.24) is 0 Å². The fourth-order valence-electron chi connectivity index (χ4n) is 4.96. The number of methoxy groups -OCH3 is 1. The van der Waals surface area contributed by atoms with Gasteiger partial charge in [-0.15, -0.1) is 0 Å². The molecule has 1 atom stereocenters.